The predicted molar refractivity (Wildman–Crippen MR) is 77.6 cm³/mol. The van der Waals surface area contributed by atoms with Crippen LogP contribution >= 0.6 is 15.9 Å². The van der Waals surface area contributed by atoms with E-state index in [0.29, 0.717) is 0 Å². The van der Waals surface area contributed by atoms with Crippen molar-refractivity contribution in [2.24, 2.45) is 0 Å². The van der Waals surface area contributed by atoms with Crippen LogP contribution in [0.3, 0.4) is 0 Å². The van der Waals surface area contributed by atoms with Gasteiger partial charge in [0.2, 0.25) is 11.8 Å². The van der Waals surface area contributed by atoms with Crippen molar-refractivity contribution in [1.82, 2.24) is 15.5 Å². The molecule has 0 aromatic heterocycles. The van der Waals surface area contributed by atoms with Crippen LogP contribution in [0.1, 0.15) is 11.6 Å². The number of nitrogens with one attached hydrogen (secondary N) is 2. The lowest BCUT2D eigenvalue weighted by Gasteiger charge is -2.22. The first-order valence-corrected chi connectivity index (χ1v) is 6.65. The average molecular weight is 328 g/mol. The van der Waals surface area contributed by atoms with Crippen LogP contribution in [-0.2, 0) is 9.59 Å². The van der Waals surface area contributed by atoms with Crippen LogP contribution in [0.15, 0.2) is 28.7 Å². The molecule has 0 heterocycles. The van der Waals surface area contributed by atoms with Gasteiger partial charge >= 0.3 is 0 Å². The molecule has 0 aliphatic heterocycles. The molecule has 19 heavy (non-hydrogen) atoms. The van der Waals surface area contributed by atoms with E-state index in [2.05, 4.69) is 26.6 Å². The van der Waals surface area contributed by atoms with Gasteiger partial charge in [0.25, 0.3) is 0 Å². The van der Waals surface area contributed by atoms with Crippen molar-refractivity contribution < 1.29 is 9.59 Å². The van der Waals surface area contributed by atoms with Crippen molar-refractivity contribution in [3.05, 3.63) is 34.3 Å². The zero-order valence-electron chi connectivity index (χ0n) is 11.2. The summed E-state index contributed by atoms with van der Waals surface area (Å²) in [5.74, 6) is -0.377. The predicted octanol–water partition coefficient (Wildman–Crippen LogP) is 0.914. The standard InChI is InChI=1S/C13H18BrN3O2/c1-15-8-11(18)16-12(13(19)17(2)3)9-4-6-10(14)7-5-9/h4-7,12,15H,8H2,1-3H3,(H,16,18). The Hall–Kier alpha value is -1.40. The number of nitrogens with zero attached hydrogens (tertiary/aromatic N) is 1. The lowest BCUT2D eigenvalue weighted by Crippen LogP contribution is -2.42. The molecule has 0 fully saturated rings. The topological polar surface area (TPSA) is 61.4 Å². The SMILES string of the molecule is CNCC(=O)NC(C(=O)N(C)C)c1ccc(Br)cc1. The molecule has 0 saturated carbocycles. The molecular formula is C13H18BrN3O2. The van der Waals surface area contributed by atoms with Crippen LogP contribution in [0, 0.1) is 0 Å². The van der Waals surface area contributed by atoms with Crippen LogP contribution < -0.4 is 10.6 Å². The highest BCUT2D eigenvalue weighted by molar-refractivity contribution is 9.10. The molecular weight excluding hydrogens is 310 g/mol. The summed E-state index contributed by atoms with van der Waals surface area (Å²) in [6.07, 6.45) is 0. The van der Waals surface area contributed by atoms with Crippen molar-refractivity contribution in [2.45, 2.75) is 6.04 Å². The van der Waals surface area contributed by atoms with Crippen molar-refractivity contribution in [1.29, 1.82) is 0 Å². The van der Waals surface area contributed by atoms with Gasteiger partial charge in [0.1, 0.15) is 6.04 Å². The lowest BCUT2D eigenvalue weighted by molar-refractivity contribution is -0.134. The number of amides is 2. The Bertz CT molecular complexity index is 446. The summed E-state index contributed by atoms with van der Waals surface area (Å²) in [7, 11) is 5.01. The highest BCUT2D eigenvalue weighted by Crippen LogP contribution is 2.18. The summed E-state index contributed by atoms with van der Waals surface area (Å²) in [4.78, 5) is 25.3. The summed E-state index contributed by atoms with van der Waals surface area (Å²) in [5, 5.41) is 5.48. The van der Waals surface area contributed by atoms with Gasteiger partial charge in [-0.2, -0.15) is 0 Å². The minimum Gasteiger partial charge on any atom is -0.347 e. The summed E-state index contributed by atoms with van der Waals surface area (Å²) in [6.45, 7) is 0.174. The first-order valence-electron chi connectivity index (χ1n) is 5.86. The molecule has 2 N–H and O–H groups in total. The second kappa shape index (κ2) is 7.25. The maximum Gasteiger partial charge on any atom is 0.249 e. The van der Waals surface area contributed by atoms with Crippen LogP contribution in [0.25, 0.3) is 0 Å². The largest absolute Gasteiger partial charge is 0.347 e. The first kappa shape index (κ1) is 15.7. The summed E-state index contributed by atoms with van der Waals surface area (Å²) >= 11 is 3.34. The number of benzene rings is 1. The maximum absolute atomic E-state index is 12.1. The van der Waals surface area contributed by atoms with Gasteiger partial charge in [-0.15, -0.1) is 0 Å². The van der Waals surface area contributed by atoms with Crippen LogP contribution in [0.4, 0.5) is 0 Å². The molecule has 1 aromatic rings. The highest BCUT2D eigenvalue weighted by Gasteiger charge is 2.23. The van der Waals surface area contributed by atoms with Crippen LogP contribution in [0.2, 0.25) is 0 Å². The van der Waals surface area contributed by atoms with Gasteiger partial charge in [0.15, 0.2) is 0 Å². The second-order valence-electron chi connectivity index (χ2n) is 4.32. The van der Waals surface area contributed by atoms with E-state index in [-0.39, 0.29) is 18.4 Å². The average Bonchev–Trinajstić information content (AvgIpc) is 2.36. The molecule has 0 radical (unpaired) electrons. The third-order valence-electron chi connectivity index (χ3n) is 2.53. The van der Waals surface area contributed by atoms with E-state index in [9.17, 15) is 9.59 Å². The number of hydrogen-bond donors (Lipinski definition) is 2. The summed E-state index contributed by atoms with van der Waals surface area (Å²) in [6, 6.07) is 6.65. The third-order valence-corrected chi connectivity index (χ3v) is 3.06. The Kier molecular flexibility index (Phi) is 5.98. The fourth-order valence-corrected chi connectivity index (χ4v) is 1.84. The normalized spacial score (nSPS) is 11.8. The Labute approximate surface area is 121 Å². The molecule has 1 unspecified atom stereocenters. The Morgan fingerprint density at radius 3 is 2.32 bits per heavy atom. The quantitative estimate of drug-likeness (QED) is 0.845. The van der Waals surface area contributed by atoms with Crippen molar-refractivity contribution in [3.63, 3.8) is 0 Å². The molecule has 0 spiro atoms. The molecule has 0 aliphatic carbocycles. The molecule has 1 atom stereocenters. The van der Waals surface area contributed by atoms with E-state index in [1.165, 1.54) is 4.90 Å². The Morgan fingerprint density at radius 2 is 1.84 bits per heavy atom. The third kappa shape index (κ3) is 4.65. The zero-order chi connectivity index (χ0) is 14.4. The van der Waals surface area contributed by atoms with Gasteiger partial charge in [-0.25, -0.2) is 0 Å². The Balaban J connectivity index is 2.95. The van der Waals surface area contributed by atoms with E-state index >= 15 is 0 Å². The van der Waals surface area contributed by atoms with E-state index in [1.807, 2.05) is 24.3 Å². The van der Waals surface area contributed by atoms with Crippen LogP contribution in [-0.4, -0.2) is 44.4 Å². The van der Waals surface area contributed by atoms with Gasteiger partial charge in [0, 0.05) is 18.6 Å². The fourth-order valence-electron chi connectivity index (χ4n) is 1.57. The van der Waals surface area contributed by atoms with Crippen molar-refractivity contribution in [2.75, 3.05) is 27.7 Å². The summed E-state index contributed by atoms with van der Waals surface area (Å²) in [5.41, 5.74) is 0.756. The molecule has 6 heteroatoms. The molecule has 0 aliphatic rings. The van der Waals surface area contributed by atoms with Gasteiger partial charge in [-0.1, -0.05) is 28.1 Å². The van der Waals surface area contributed by atoms with Crippen molar-refractivity contribution in [3.8, 4) is 0 Å². The number of halogens is 1. The lowest BCUT2D eigenvalue weighted by atomic mass is 10.1. The number of carbonyl (C=O) groups excluding carboxylic acids is 2. The van der Waals surface area contributed by atoms with E-state index < -0.39 is 6.04 Å². The molecule has 5 nitrogen and oxygen atoms in total. The van der Waals surface area contributed by atoms with Gasteiger partial charge < -0.3 is 15.5 Å². The summed E-state index contributed by atoms with van der Waals surface area (Å²) < 4.78 is 0.925. The number of hydrogen-bond acceptors (Lipinski definition) is 3. The number of rotatable bonds is 5. The molecule has 2 amide bonds. The first-order chi connectivity index (χ1) is 8.95. The highest BCUT2D eigenvalue weighted by atomic mass is 79.9. The molecule has 0 bridgehead atoms. The smallest absolute Gasteiger partial charge is 0.249 e. The molecule has 0 saturated heterocycles. The van der Waals surface area contributed by atoms with E-state index in [1.54, 1.807) is 21.1 Å². The van der Waals surface area contributed by atoms with Gasteiger partial charge in [-0.05, 0) is 24.7 Å². The van der Waals surface area contributed by atoms with E-state index in [0.717, 1.165) is 10.0 Å². The van der Waals surface area contributed by atoms with Crippen molar-refractivity contribution >= 4 is 27.7 Å². The molecule has 104 valence electrons. The fraction of sp³-hybridized carbons (Fsp3) is 0.385. The van der Waals surface area contributed by atoms with E-state index in [4.69, 9.17) is 0 Å². The molecule has 1 aromatic carbocycles. The minimum atomic E-state index is -0.663. The Morgan fingerprint density at radius 1 is 1.26 bits per heavy atom. The van der Waals surface area contributed by atoms with Gasteiger partial charge in [0.05, 0.1) is 6.54 Å². The number of likely N-dealkylation sites (N-methyl/N-ethyl adjacent to an activating group) is 2. The monoisotopic (exact) mass is 327 g/mol. The number of carbonyl (C=O) groups is 2. The van der Waals surface area contributed by atoms with Crippen LogP contribution in [0.5, 0.6) is 0 Å². The maximum atomic E-state index is 12.1. The minimum absolute atomic E-state index is 0.160. The zero-order valence-corrected chi connectivity index (χ0v) is 12.8. The van der Waals surface area contributed by atoms with Gasteiger partial charge in [-0.3, -0.25) is 9.59 Å². The second-order valence-corrected chi connectivity index (χ2v) is 5.23. The molecule has 1 rings (SSSR count).